The van der Waals surface area contributed by atoms with E-state index in [4.69, 9.17) is 0 Å². The Hall–Kier alpha value is -3.53. The molecule has 4 rings (SSSR count). The lowest BCUT2D eigenvalue weighted by Gasteiger charge is -2.32. The normalized spacial score (nSPS) is 15.2. The summed E-state index contributed by atoms with van der Waals surface area (Å²) in [6, 6.07) is 22.6. The zero-order chi connectivity index (χ0) is 27.1. The largest absolute Gasteiger partial charge is 0.336 e. The SMILES string of the molecule is CC(NS(=O)(=O)c1ccc(CCC(=O)Nc2ccc(C(=O)N3CCN(C)CC3)cc2)cc1)c1ccccc1. The Balaban J connectivity index is 1.26. The van der Waals surface area contributed by atoms with Gasteiger partial charge in [0.05, 0.1) is 4.90 Å². The lowest BCUT2D eigenvalue weighted by molar-refractivity contribution is -0.116. The molecule has 1 aliphatic rings. The molecule has 200 valence electrons. The second-order valence-corrected chi connectivity index (χ2v) is 11.3. The number of piperazine rings is 1. The van der Waals surface area contributed by atoms with E-state index in [1.54, 1.807) is 55.5 Å². The van der Waals surface area contributed by atoms with E-state index in [2.05, 4.69) is 14.9 Å². The number of aryl methyl sites for hydroxylation is 1. The number of anilines is 1. The van der Waals surface area contributed by atoms with Gasteiger partial charge in [0.2, 0.25) is 15.9 Å². The lowest BCUT2D eigenvalue weighted by Crippen LogP contribution is -2.47. The molecule has 3 aromatic carbocycles. The average Bonchev–Trinajstić information content (AvgIpc) is 2.93. The van der Waals surface area contributed by atoms with E-state index in [-0.39, 0.29) is 29.2 Å². The standard InChI is InChI=1S/C29H34N4O4S/c1-22(24-6-4-3-5-7-24)31-38(36,37)27-15-8-23(9-16-27)10-17-28(34)30-26-13-11-25(12-14-26)29(35)33-20-18-32(2)19-21-33/h3-9,11-16,22,31H,10,17-21H2,1-2H3,(H,30,34). The highest BCUT2D eigenvalue weighted by Gasteiger charge is 2.21. The summed E-state index contributed by atoms with van der Waals surface area (Å²) in [5.74, 6) is -0.149. The number of benzene rings is 3. The number of hydrogen-bond donors (Lipinski definition) is 2. The van der Waals surface area contributed by atoms with E-state index in [9.17, 15) is 18.0 Å². The third-order valence-electron chi connectivity index (χ3n) is 6.71. The minimum absolute atomic E-state index is 0.00570. The van der Waals surface area contributed by atoms with Gasteiger partial charge in [-0.3, -0.25) is 9.59 Å². The number of sulfonamides is 1. The van der Waals surface area contributed by atoms with E-state index >= 15 is 0 Å². The molecular weight excluding hydrogens is 500 g/mol. The van der Waals surface area contributed by atoms with Crippen LogP contribution in [0, 0.1) is 0 Å². The van der Waals surface area contributed by atoms with Gasteiger partial charge in [-0.05, 0) is 67.9 Å². The molecule has 0 aliphatic carbocycles. The van der Waals surface area contributed by atoms with Crippen LogP contribution in [0.3, 0.4) is 0 Å². The van der Waals surface area contributed by atoms with Gasteiger partial charge in [0.15, 0.2) is 0 Å². The summed E-state index contributed by atoms with van der Waals surface area (Å²) in [4.78, 5) is 29.4. The third-order valence-corrected chi connectivity index (χ3v) is 8.27. The lowest BCUT2D eigenvalue weighted by atomic mass is 10.1. The third kappa shape index (κ3) is 7.28. The van der Waals surface area contributed by atoms with Gasteiger partial charge in [0, 0.05) is 49.9 Å². The Morgan fingerprint density at radius 1 is 0.868 bits per heavy atom. The number of hydrogen-bond acceptors (Lipinski definition) is 5. The minimum atomic E-state index is -3.67. The predicted octanol–water partition coefficient (Wildman–Crippen LogP) is 3.69. The van der Waals surface area contributed by atoms with Crippen LogP contribution >= 0.6 is 0 Å². The molecule has 2 amide bonds. The molecule has 1 saturated heterocycles. The van der Waals surface area contributed by atoms with Crippen LogP contribution in [0.15, 0.2) is 83.8 Å². The molecule has 1 unspecified atom stereocenters. The summed E-state index contributed by atoms with van der Waals surface area (Å²) in [6.07, 6.45) is 0.720. The van der Waals surface area contributed by atoms with Crippen LogP contribution in [0.5, 0.6) is 0 Å². The van der Waals surface area contributed by atoms with E-state index in [0.717, 1.165) is 24.2 Å². The van der Waals surface area contributed by atoms with Crippen LogP contribution in [0.2, 0.25) is 0 Å². The summed E-state index contributed by atoms with van der Waals surface area (Å²) in [5.41, 5.74) is 2.98. The fourth-order valence-corrected chi connectivity index (χ4v) is 5.55. The van der Waals surface area contributed by atoms with Crippen molar-refractivity contribution in [1.82, 2.24) is 14.5 Å². The maximum Gasteiger partial charge on any atom is 0.253 e. The van der Waals surface area contributed by atoms with E-state index in [1.165, 1.54) is 0 Å². The van der Waals surface area contributed by atoms with Crippen LogP contribution in [0.1, 0.15) is 40.9 Å². The van der Waals surface area contributed by atoms with Gasteiger partial charge in [-0.25, -0.2) is 13.1 Å². The molecule has 38 heavy (non-hydrogen) atoms. The molecule has 2 N–H and O–H groups in total. The monoisotopic (exact) mass is 534 g/mol. The molecule has 1 aliphatic heterocycles. The van der Waals surface area contributed by atoms with Crippen LogP contribution in [0.4, 0.5) is 5.69 Å². The highest BCUT2D eigenvalue weighted by atomic mass is 32.2. The summed E-state index contributed by atoms with van der Waals surface area (Å²) in [6.45, 7) is 4.96. The maximum atomic E-state index is 12.8. The Labute approximate surface area is 224 Å². The van der Waals surface area contributed by atoms with Crippen molar-refractivity contribution >= 4 is 27.5 Å². The highest BCUT2D eigenvalue weighted by Crippen LogP contribution is 2.18. The number of likely N-dealkylation sites (N-methyl/N-ethyl adjacent to an activating group) is 1. The van der Waals surface area contributed by atoms with E-state index in [1.807, 2.05) is 42.3 Å². The second kappa shape index (κ2) is 12.3. The number of carbonyl (C=O) groups excluding carboxylic acids is 2. The Bertz CT molecular complexity index is 1340. The molecule has 0 spiro atoms. The molecular formula is C29H34N4O4S. The molecule has 0 bridgehead atoms. The van der Waals surface area contributed by atoms with Crippen molar-refractivity contribution in [3.8, 4) is 0 Å². The number of nitrogens with zero attached hydrogens (tertiary/aromatic N) is 2. The molecule has 9 heteroatoms. The van der Waals surface area contributed by atoms with Crippen molar-refractivity contribution < 1.29 is 18.0 Å². The molecule has 0 aromatic heterocycles. The van der Waals surface area contributed by atoms with Gasteiger partial charge in [-0.1, -0.05) is 42.5 Å². The Kier molecular flexibility index (Phi) is 8.93. The number of rotatable bonds is 9. The van der Waals surface area contributed by atoms with Crippen molar-refractivity contribution in [2.75, 3.05) is 38.5 Å². The van der Waals surface area contributed by atoms with Crippen molar-refractivity contribution in [3.05, 3.63) is 95.6 Å². The predicted molar refractivity (Wildman–Crippen MR) is 148 cm³/mol. The van der Waals surface area contributed by atoms with Crippen molar-refractivity contribution in [2.24, 2.45) is 0 Å². The smallest absolute Gasteiger partial charge is 0.253 e. The van der Waals surface area contributed by atoms with Crippen molar-refractivity contribution in [2.45, 2.75) is 30.7 Å². The quantitative estimate of drug-likeness (QED) is 0.436. The molecule has 1 atom stereocenters. The fraction of sp³-hybridized carbons (Fsp3) is 0.310. The minimum Gasteiger partial charge on any atom is -0.336 e. The molecule has 3 aromatic rings. The van der Waals surface area contributed by atoms with Gasteiger partial charge >= 0.3 is 0 Å². The van der Waals surface area contributed by atoms with Crippen LogP contribution in [-0.4, -0.2) is 63.3 Å². The first kappa shape index (κ1) is 27.5. The molecule has 0 radical (unpaired) electrons. The van der Waals surface area contributed by atoms with Crippen LogP contribution in [-0.2, 0) is 21.2 Å². The Morgan fingerprint density at radius 3 is 2.13 bits per heavy atom. The summed E-state index contributed by atoms with van der Waals surface area (Å²) in [7, 11) is -1.63. The second-order valence-electron chi connectivity index (χ2n) is 9.62. The van der Waals surface area contributed by atoms with Crippen molar-refractivity contribution in [3.63, 3.8) is 0 Å². The van der Waals surface area contributed by atoms with Gasteiger partial charge in [-0.15, -0.1) is 0 Å². The highest BCUT2D eigenvalue weighted by molar-refractivity contribution is 7.89. The first-order valence-electron chi connectivity index (χ1n) is 12.8. The molecule has 1 fully saturated rings. The summed E-state index contributed by atoms with van der Waals surface area (Å²) < 4.78 is 28.2. The Morgan fingerprint density at radius 2 is 1.50 bits per heavy atom. The van der Waals surface area contributed by atoms with Crippen LogP contribution in [0.25, 0.3) is 0 Å². The summed E-state index contributed by atoms with van der Waals surface area (Å²) >= 11 is 0. The topological polar surface area (TPSA) is 98.8 Å². The van der Waals surface area contributed by atoms with Gasteiger partial charge in [-0.2, -0.15) is 0 Å². The zero-order valence-corrected chi connectivity index (χ0v) is 22.6. The van der Waals surface area contributed by atoms with E-state index in [0.29, 0.717) is 30.8 Å². The van der Waals surface area contributed by atoms with Gasteiger partial charge in [0.25, 0.3) is 5.91 Å². The van der Waals surface area contributed by atoms with Crippen molar-refractivity contribution in [1.29, 1.82) is 0 Å². The fourth-order valence-electron chi connectivity index (χ4n) is 4.32. The number of carbonyl (C=O) groups is 2. The van der Waals surface area contributed by atoms with Gasteiger partial charge < -0.3 is 15.1 Å². The first-order valence-corrected chi connectivity index (χ1v) is 14.2. The zero-order valence-electron chi connectivity index (χ0n) is 21.8. The molecule has 1 heterocycles. The molecule has 0 saturated carbocycles. The number of amides is 2. The first-order chi connectivity index (χ1) is 18.2. The average molecular weight is 535 g/mol. The number of nitrogens with one attached hydrogen (secondary N) is 2. The molecule has 8 nitrogen and oxygen atoms in total. The van der Waals surface area contributed by atoms with Gasteiger partial charge in [0.1, 0.15) is 0 Å². The van der Waals surface area contributed by atoms with Crippen LogP contribution < -0.4 is 10.0 Å². The maximum absolute atomic E-state index is 12.8. The summed E-state index contributed by atoms with van der Waals surface area (Å²) in [5, 5.41) is 2.86. The van der Waals surface area contributed by atoms with E-state index < -0.39 is 10.0 Å².